The van der Waals surface area contributed by atoms with Gasteiger partial charge in [0.25, 0.3) is 0 Å². The Bertz CT molecular complexity index is 1120. The zero-order valence-electron chi connectivity index (χ0n) is 17.7. The van der Waals surface area contributed by atoms with Crippen molar-refractivity contribution in [1.29, 1.82) is 0 Å². The van der Waals surface area contributed by atoms with Crippen molar-refractivity contribution in [2.75, 3.05) is 18.0 Å². The highest BCUT2D eigenvalue weighted by Crippen LogP contribution is 2.29. The second-order valence-electron chi connectivity index (χ2n) is 8.23. The first-order valence-corrected chi connectivity index (χ1v) is 11.1. The largest absolute Gasteiger partial charge is 0.485 e. The van der Waals surface area contributed by atoms with Crippen LogP contribution < -0.4 is 9.64 Å². The summed E-state index contributed by atoms with van der Waals surface area (Å²) in [7, 11) is 0. The van der Waals surface area contributed by atoms with E-state index in [2.05, 4.69) is 58.4 Å². The van der Waals surface area contributed by atoms with E-state index in [0.717, 1.165) is 47.2 Å². The standard InChI is InChI=1S/C27H27N3O/c1-2-7-21(8-3-1)19-22-14-17-30(18-15-22)26-13-12-23-9-6-11-25(27(23)29-26)31-20-24-10-4-5-16-28-24/h1-13,16,22H,14-15,17-20H2. The predicted molar refractivity (Wildman–Crippen MR) is 125 cm³/mol. The maximum atomic E-state index is 6.09. The van der Waals surface area contributed by atoms with E-state index in [0.29, 0.717) is 6.61 Å². The minimum Gasteiger partial charge on any atom is -0.485 e. The molecular weight excluding hydrogens is 382 g/mol. The number of piperidine rings is 1. The van der Waals surface area contributed by atoms with Crippen LogP contribution in [0, 0.1) is 5.92 Å². The summed E-state index contributed by atoms with van der Waals surface area (Å²) < 4.78 is 6.09. The molecule has 0 aliphatic carbocycles. The van der Waals surface area contributed by atoms with Crippen LogP contribution in [0.15, 0.2) is 85.1 Å². The van der Waals surface area contributed by atoms with Crippen LogP contribution in [0.5, 0.6) is 5.75 Å². The molecule has 0 saturated carbocycles. The molecular formula is C27H27N3O. The van der Waals surface area contributed by atoms with Crippen molar-refractivity contribution in [3.8, 4) is 5.75 Å². The van der Waals surface area contributed by atoms with Gasteiger partial charge >= 0.3 is 0 Å². The van der Waals surface area contributed by atoms with E-state index < -0.39 is 0 Å². The second-order valence-corrected chi connectivity index (χ2v) is 8.23. The Morgan fingerprint density at radius 3 is 2.48 bits per heavy atom. The van der Waals surface area contributed by atoms with Crippen molar-refractivity contribution in [3.05, 3.63) is 96.3 Å². The fourth-order valence-electron chi connectivity index (χ4n) is 4.35. The highest BCUT2D eigenvalue weighted by molar-refractivity contribution is 5.86. The summed E-state index contributed by atoms with van der Waals surface area (Å²) >= 11 is 0. The molecule has 1 aliphatic heterocycles. The van der Waals surface area contributed by atoms with E-state index in [-0.39, 0.29) is 0 Å². The van der Waals surface area contributed by atoms with Crippen LogP contribution in [0.4, 0.5) is 5.82 Å². The lowest BCUT2D eigenvalue weighted by Gasteiger charge is -2.33. The summed E-state index contributed by atoms with van der Waals surface area (Å²) in [5.74, 6) is 2.60. The number of pyridine rings is 2. The normalized spacial score (nSPS) is 14.6. The van der Waals surface area contributed by atoms with Gasteiger partial charge in [-0.1, -0.05) is 48.5 Å². The van der Waals surface area contributed by atoms with Crippen LogP contribution in [0.2, 0.25) is 0 Å². The van der Waals surface area contributed by atoms with Crippen molar-refractivity contribution in [1.82, 2.24) is 9.97 Å². The molecule has 4 nitrogen and oxygen atoms in total. The Morgan fingerprint density at radius 1 is 0.839 bits per heavy atom. The van der Waals surface area contributed by atoms with Crippen LogP contribution in [0.1, 0.15) is 24.1 Å². The average Bonchev–Trinajstić information content (AvgIpc) is 2.84. The number of fused-ring (bicyclic) bond motifs is 1. The van der Waals surface area contributed by atoms with Crippen molar-refractivity contribution in [2.24, 2.45) is 5.92 Å². The first kappa shape index (κ1) is 19.6. The Kier molecular flexibility index (Phi) is 5.79. The van der Waals surface area contributed by atoms with Gasteiger partial charge in [-0.2, -0.15) is 0 Å². The van der Waals surface area contributed by atoms with Gasteiger partial charge in [0.05, 0.1) is 5.69 Å². The third-order valence-corrected chi connectivity index (χ3v) is 6.08. The van der Waals surface area contributed by atoms with Gasteiger partial charge in [0, 0.05) is 24.7 Å². The molecule has 0 radical (unpaired) electrons. The molecule has 5 rings (SSSR count). The number of para-hydroxylation sites is 1. The Hall–Kier alpha value is -3.40. The monoisotopic (exact) mass is 409 g/mol. The molecule has 4 aromatic rings. The second kappa shape index (κ2) is 9.17. The number of aromatic nitrogens is 2. The molecule has 0 bridgehead atoms. The van der Waals surface area contributed by atoms with Crippen LogP contribution in [-0.4, -0.2) is 23.1 Å². The van der Waals surface area contributed by atoms with E-state index in [1.807, 2.05) is 30.3 Å². The Labute approximate surface area is 183 Å². The molecule has 0 unspecified atom stereocenters. The topological polar surface area (TPSA) is 38.2 Å². The van der Waals surface area contributed by atoms with Crippen molar-refractivity contribution in [2.45, 2.75) is 25.9 Å². The van der Waals surface area contributed by atoms with Gasteiger partial charge in [-0.15, -0.1) is 0 Å². The molecule has 4 heteroatoms. The van der Waals surface area contributed by atoms with Gasteiger partial charge in [-0.3, -0.25) is 4.98 Å². The maximum absolute atomic E-state index is 6.09. The number of ether oxygens (including phenoxy) is 1. The zero-order chi connectivity index (χ0) is 20.9. The summed E-state index contributed by atoms with van der Waals surface area (Å²) in [4.78, 5) is 11.8. The van der Waals surface area contributed by atoms with E-state index in [9.17, 15) is 0 Å². The van der Waals surface area contributed by atoms with Crippen LogP contribution in [0.3, 0.4) is 0 Å². The molecule has 31 heavy (non-hydrogen) atoms. The molecule has 3 heterocycles. The van der Waals surface area contributed by atoms with Crippen molar-refractivity contribution in [3.63, 3.8) is 0 Å². The minimum atomic E-state index is 0.441. The zero-order valence-corrected chi connectivity index (χ0v) is 17.7. The molecule has 0 atom stereocenters. The van der Waals surface area contributed by atoms with E-state index in [1.54, 1.807) is 6.20 Å². The lowest BCUT2D eigenvalue weighted by molar-refractivity contribution is 0.304. The molecule has 1 fully saturated rings. The molecule has 156 valence electrons. The molecule has 1 aliphatic rings. The third-order valence-electron chi connectivity index (χ3n) is 6.08. The van der Waals surface area contributed by atoms with Gasteiger partial charge in [-0.25, -0.2) is 4.98 Å². The molecule has 0 spiro atoms. The van der Waals surface area contributed by atoms with E-state index >= 15 is 0 Å². The lowest BCUT2D eigenvalue weighted by atomic mass is 9.90. The van der Waals surface area contributed by atoms with E-state index in [4.69, 9.17) is 9.72 Å². The van der Waals surface area contributed by atoms with Gasteiger partial charge in [0.1, 0.15) is 23.7 Å². The van der Waals surface area contributed by atoms with Crippen molar-refractivity contribution >= 4 is 16.7 Å². The number of hydrogen-bond acceptors (Lipinski definition) is 4. The van der Waals surface area contributed by atoms with Gasteiger partial charge < -0.3 is 9.64 Å². The summed E-state index contributed by atoms with van der Waals surface area (Å²) in [6.45, 7) is 2.54. The van der Waals surface area contributed by atoms with Gasteiger partial charge in [-0.05, 0) is 61.1 Å². The maximum Gasteiger partial charge on any atom is 0.146 e. The first-order valence-electron chi connectivity index (χ1n) is 11.1. The predicted octanol–water partition coefficient (Wildman–Crippen LogP) is 5.67. The van der Waals surface area contributed by atoms with Gasteiger partial charge in [0.15, 0.2) is 0 Å². The Morgan fingerprint density at radius 2 is 1.68 bits per heavy atom. The Balaban J connectivity index is 1.28. The number of rotatable bonds is 6. The van der Waals surface area contributed by atoms with E-state index in [1.165, 1.54) is 24.8 Å². The van der Waals surface area contributed by atoms with Crippen LogP contribution >= 0.6 is 0 Å². The molecule has 2 aromatic carbocycles. The smallest absolute Gasteiger partial charge is 0.146 e. The molecule has 1 saturated heterocycles. The van der Waals surface area contributed by atoms with Crippen LogP contribution in [-0.2, 0) is 13.0 Å². The summed E-state index contributed by atoms with van der Waals surface area (Å²) in [5, 5.41) is 1.10. The quantitative estimate of drug-likeness (QED) is 0.411. The fourth-order valence-corrected chi connectivity index (χ4v) is 4.35. The lowest BCUT2D eigenvalue weighted by Crippen LogP contribution is -2.34. The van der Waals surface area contributed by atoms with Crippen molar-refractivity contribution < 1.29 is 4.74 Å². The highest BCUT2D eigenvalue weighted by Gasteiger charge is 2.21. The first-order chi connectivity index (χ1) is 15.3. The molecule has 0 amide bonds. The number of anilines is 1. The van der Waals surface area contributed by atoms with Crippen LogP contribution in [0.25, 0.3) is 10.9 Å². The molecule has 2 aromatic heterocycles. The number of nitrogens with zero attached hydrogens (tertiary/aromatic N) is 3. The third kappa shape index (κ3) is 4.69. The fraction of sp³-hybridized carbons (Fsp3) is 0.259. The molecule has 0 N–H and O–H groups in total. The summed E-state index contributed by atoms with van der Waals surface area (Å²) in [6, 6.07) is 27.1. The minimum absolute atomic E-state index is 0.441. The summed E-state index contributed by atoms with van der Waals surface area (Å²) in [5.41, 5.74) is 3.28. The number of hydrogen-bond donors (Lipinski definition) is 0. The summed E-state index contributed by atoms with van der Waals surface area (Å²) in [6.07, 6.45) is 5.36. The number of benzene rings is 2. The average molecular weight is 410 g/mol. The highest BCUT2D eigenvalue weighted by atomic mass is 16.5. The SMILES string of the molecule is c1ccc(CC2CCN(c3ccc4cccc(OCc5ccccn5)c4n3)CC2)cc1. The van der Waals surface area contributed by atoms with Gasteiger partial charge in [0.2, 0.25) is 0 Å².